The molecule has 1 aromatic heterocycles. The molecule has 2 N–H and O–H groups in total. The number of ketones is 1. The monoisotopic (exact) mass is 368 g/mol. The molecule has 25 heavy (non-hydrogen) atoms. The fraction of sp³-hybridized carbons (Fsp3) is 0.375. The average molecular weight is 368 g/mol. The lowest BCUT2D eigenvalue weighted by atomic mass is 10.0. The van der Waals surface area contributed by atoms with Crippen molar-refractivity contribution >= 4 is 15.6 Å². The number of aliphatic hydroxyl groups is 1. The molecular formula is C16H20N2O6S. The predicted octanol–water partition coefficient (Wildman–Crippen LogP) is 0.510. The van der Waals surface area contributed by atoms with Crippen LogP contribution in [0.4, 0.5) is 0 Å². The van der Waals surface area contributed by atoms with Crippen molar-refractivity contribution in [3.63, 3.8) is 0 Å². The third-order valence-corrected chi connectivity index (χ3v) is 4.87. The van der Waals surface area contributed by atoms with Crippen molar-refractivity contribution < 1.29 is 23.1 Å². The van der Waals surface area contributed by atoms with E-state index in [1.165, 1.54) is 23.0 Å². The van der Waals surface area contributed by atoms with Crippen molar-refractivity contribution in [3.8, 4) is 5.75 Å². The number of nitrogens with zero attached hydrogens (tertiary/aromatic N) is 1. The maximum atomic E-state index is 12.7. The number of nitrogens with one attached hydrogen (secondary N) is 1. The maximum Gasteiger partial charge on any atom is 0.277 e. The molecule has 0 aliphatic carbocycles. The topological polar surface area (TPSA) is 118 Å². The fourth-order valence-corrected chi connectivity index (χ4v) is 3.35. The van der Waals surface area contributed by atoms with Gasteiger partial charge >= 0.3 is 0 Å². The van der Waals surface area contributed by atoms with E-state index >= 15 is 0 Å². The Balaban J connectivity index is 2.60. The van der Waals surface area contributed by atoms with Gasteiger partial charge < -0.3 is 14.9 Å². The number of H-pyrrole nitrogens is 1. The van der Waals surface area contributed by atoms with Gasteiger partial charge in [0.15, 0.2) is 9.84 Å². The summed E-state index contributed by atoms with van der Waals surface area (Å²) in [6.07, 6.45) is 2.35. The molecule has 0 atom stereocenters. The number of carbonyl (C=O) groups is 1. The van der Waals surface area contributed by atoms with E-state index < -0.39 is 21.2 Å². The summed E-state index contributed by atoms with van der Waals surface area (Å²) in [6.45, 7) is 3.27. The van der Waals surface area contributed by atoms with Crippen LogP contribution in [0, 0.1) is 6.92 Å². The van der Waals surface area contributed by atoms with E-state index in [0.29, 0.717) is 12.1 Å². The smallest absolute Gasteiger partial charge is 0.277 e. The minimum Gasteiger partial charge on any atom is -0.490 e. The van der Waals surface area contributed by atoms with Crippen molar-refractivity contribution in [1.29, 1.82) is 0 Å². The van der Waals surface area contributed by atoms with E-state index in [0.717, 1.165) is 6.26 Å². The molecule has 8 nitrogen and oxygen atoms in total. The number of aromatic nitrogens is 2. The van der Waals surface area contributed by atoms with Gasteiger partial charge in [0.25, 0.3) is 5.56 Å². The van der Waals surface area contributed by atoms with Crippen LogP contribution in [-0.4, -0.2) is 48.6 Å². The highest BCUT2D eigenvalue weighted by atomic mass is 32.2. The predicted molar refractivity (Wildman–Crippen MR) is 91.0 cm³/mol. The Hall–Kier alpha value is -2.39. The Labute approximate surface area is 145 Å². The highest BCUT2D eigenvalue weighted by Crippen LogP contribution is 2.31. The Morgan fingerprint density at radius 1 is 1.32 bits per heavy atom. The largest absolute Gasteiger partial charge is 0.490 e. The van der Waals surface area contributed by atoms with Gasteiger partial charge in [-0.05, 0) is 26.0 Å². The Kier molecular flexibility index (Phi) is 5.48. The molecule has 0 saturated heterocycles. The number of aliphatic hydroxyl groups excluding tert-OH is 1. The zero-order valence-corrected chi connectivity index (χ0v) is 15.0. The molecule has 2 aromatic rings. The van der Waals surface area contributed by atoms with E-state index in [4.69, 9.17) is 9.84 Å². The summed E-state index contributed by atoms with van der Waals surface area (Å²) in [5, 5.41) is 11.6. The summed E-state index contributed by atoms with van der Waals surface area (Å²) in [5.74, 6) is -0.520. The van der Waals surface area contributed by atoms with Gasteiger partial charge in [0, 0.05) is 30.1 Å². The molecule has 1 aromatic carbocycles. The summed E-state index contributed by atoms with van der Waals surface area (Å²) in [6, 6.07) is 2.63. The fourth-order valence-electron chi connectivity index (χ4n) is 2.48. The molecule has 0 saturated carbocycles. The number of aromatic amines is 1. The number of aryl methyl sites for hydroxylation is 1. The summed E-state index contributed by atoms with van der Waals surface area (Å²) in [5.41, 5.74) is -0.0215. The molecule has 9 heteroatoms. The Morgan fingerprint density at radius 2 is 2.00 bits per heavy atom. The number of benzene rings is 1. The first-order valence-corrected chi connectivity index (χ1v) is 9.51. The average Bonchev–Trinajstić information content (AvgIpc) is 2.92. The van der Waals surface area contributed by atoms with Gasteiger partial charge in [-0.15, -0.1) is 0 Å². The molecule has 136 valence electrons. The first kappa shape index (κ1) is 18.9. The number of hydrogen-bond acceptors (Lipinski definition) is 6. The van der Waals surface area contributed by atoms with Gasteiger partial charge in [0.05, 0.1) is 6.61 Å². The quantitative estimate of drug-likeness (QED) is 0.688. The number of hydrogen-bond donors (Lipinski definition) is 2. The lowest BCUT2D eigenvalue weighted by Gasteiger charge is -2.15. The third-order valence-electron chi connectivity index (χ3n) is 3.75. The van der Waals surface area contributed by atoms with Crippen LogP contribution in [0.1, 0.15) is 28.4 Å². The second-order valence-corrected chi connectivity index (χ2v) is 7.46. The lowest BCUT2D eigenvalue weighted by molar-refractivity contribution is 0.103. The van der Waals surface area contributed by atoms with Crippen LogP contribution in [0.3, 0.4) is 0 Å². The molecule has 0 aliphatic heterocycles. The van der Waals surface area contributed by atoms with E-state index in [9.17, 15) is 18.0 Å². The normalized spacial score (nSPS) is 11.5. The summed E-state index contributed by atoms with van der Waals surface area (Å²) >= 11 is 0. The van der Waals surface area contributed by atoms with Gasteiger partial charge in [-0.1, -0.05) is 0 Å². The van der Waals surface area contributed by atoms with Crippen LogP contribution in [0.5, 0.6) is 5.75 Å². The van der Waals surface area contributed by atoms with Gasteiger partial charge in [-0.2, -0.15) is 0 Å². The molecule has 0 amide bonds. The second-order valence-electron chi connectivity index (χ2n) is 5.48. The van der Waals surface area contributed by atoms with Crippen LogP contribution >= 0.6 is 0 Å². The minimum absolute atomic E-state index is 0.00810. The van der Waals surface area contributed by atoms with Crippen LogP contribution in [0.25, 0.3) is 0 Å². The molecule has 1 heterocycles. The van der Waals surface area contributed by atoms with E-state index in [-0.39, 0.29) is 35.0 Å². The zero-order chi connectivity index (χ0) is 18.8. The molecule has 0 radical (unpaired) electrons. The number of sulfone groups is 1. The zero-order valence-electron chi connectivity index (χ0n) is 14.2. The highest BCUT2D eigenvalue weighted by molar-refractivity contribution is 7.90. The van der Waals surface area contributed by atoms with Gasteiger partial charge in [-0.25, -0.2) is 8.42 Å². The highest BCUT2D eigenvalue weighted by Gasteiger charge is 2.24. The molecule has 0 unspecified atom stereocenters. The van der Waals surface area contributed by atoms with Crippen LogP contribution in [0.2, 0.25) is 0 Å². The molecular weight excluding hydrogens is 348 g/mol. The number of carbonyl (C=O) groups excluding carboxylic acids is 1. The van der Waals surface area contributed by atoms with E-state index in [2.05, 4.69) is 5.10 Å². The molecule has 2 rings (SSSR count). The van der Waals surface area contributed by atoms with Crippen molar-refractivity contribution in [2.45, 2.75) is 25.3 Å². The van der Waals surface area contributed by atoms with Crippen molar-refractivity contribution in [2.24, 2.45) is 0 Å². The van der Waals surface area contributed by atoms with Gasteiger partial charge in [-0.3, -0.25) is 14.3 Å². The van der Waals surface area contributed by atoms with Crippen molar-refractivity contribution in [1.82, 2.24) is 9.78 Å². The number of ether oxygens (including phenoxy) is 1. The summed E-state index contributed by atoms with van der Waals surface area (Å²) in [4.78, 5) is 24.8. The summed E-state index contributed by atoms with van der Waals surface area (Å²) < 4.78 is 30.5. The van der Waals surface area contributed by atoms with Crippen LogP contribution in [0.15, 0.2) is 28.0 Å². The van der Waals surface area contributed by atoms with Gasteiger partial charge in [0.2, 0.25) is 5.78 Å². The van der Waals surface area contributed by atoms with Crippen LogP contribution in [-0.2, 0) is 16.4 Å². The Bertz CT molecular complexity index is 955. The number of rotatable bonds is 7. The summed E-state index contributed by atoms with van der Waals surface area (Å²) in [7, 11) is -3.59. The van der Waals surface area contributed by atoms with Crippen LogP contribution < -0.4 is 10.3 Å². The lowest BCUT2D eigenvalue weighted by Crippen LogP contribution is -2.22. The molecule has 0 spiro atoms. The third kappa shape index (κ3) is 3.67. The Morgan fingerprint density at radius 3 is 2.52 bits per heavy atom. The van der Waals surface area contributed by atoms with Gasteiger partial charge in [0.1, 0.15) is 22.8 Å². The molecule has 0 aliphatic rings. The first-order chi connectivity index (χ1) is 11.7. The van der Waals surface area contributed by atoms with Crippen molar-refractivity contribution in [3.05, 3.63) is 45.4 Å². The van der Waals surface area contributed by atoms with Crippen molar-refractivity contribution in [2.75, 3.05) is 19.5 Å². The molecule has 0 bridgehead atoms. The van der Waals surface area contributed by atoms with E-state index in [1.807, 2.05) is 0 Å². The standard InChI is InChI=1S/C16H20N2O6S/c1-4-18-16(21)12(9-17-18)14(20)11-5-6-13(25(3,22)23)15(10(11)2)24-8-7-19/h5-6,9,17,19H,4,7-8H2,1-3H3. The maximum absolute atomic E-state index is 12.7. The SMILES string of the molecule is CCn1[nH]cc(C(=O)c2ccc(S(C)(=O)=O)c(OCCO)c2C)c1=O. The molecule has 0 fully saturated rings. The first-order valence-electron chi connectivity index (χ1n) is 7.62. The second kappa shape index (κ2) is 7.24. The van der Waals surface area contributed by atoms with E-state index in [1.54, 1.807) is 13.8 Å². The minimum atomic E-state index is -3.59.